The number of nitrogens with one attached hydrogen (secondary N) is 1. The van der Waals surface area contributed by atoms with E-state index in [1.807, 2.05) is 0 Å². The molecule has 12 heteroatoms. The fourth-order valence-electron chi connectivity index (χ4n) is 3.23. The molecule has 2 N–H and O–H groups in total. The van der Waals surface area contributed by atoms with Gasteiger partial charge < -0.3 is 19.9 Å². The average molecular weight is 607 g/mol. The molecule has 2 rings (SSSR count). The Labute approximate surface area is 227 Å². The highest BCUT2D eigenvalue weighted by Gasteiger charge is 2.38. The summed E-state index contributed by atoms with van der Waals surface area (Å²) in [5.41, 5.74) is 0.882. The Bertz CT molecular complexity index is 1100. The van der Waals surface area contributed by atoms with Gasteiger partial charge in [-0.3, -0.25) is 9.69 Å². The zero-order valence-corrected chi connectivity index (χ0v) is 23.2. The highest BCUT2D eigenvalue weighted by molar-refractivity contribution is 9.10. The number of benzene rings is 2. The van der Waals surface area contributed by atoms with Crippen LogP contribution in [-0.2, 0) is 9.59 Å². The Morgan fingerprint density at radius 2 is 1.68 bits per heavy atom. The predicted octanol–water partition coefficient (Wildman–Crippen LogP) is 6.38. The number of nitrogens with zero attached hydrogens (tertiary/aromatic N) is 1. The summed E-state index contributed by atoms with van der Waals surface area (Å²) < 4.78 is 57.6. The first kappa shape index (κ1) is 32.9. The van der Waals surface area contributed by atoms with Gasteiger partial charge in [-0.05, 0) is 64.1 Å². The molecule has 0 aromatic heterocycles. The number of amides is 1. The molecule has 0 unspecified atom stereocenters. The fourth-order valence-corrected chi connectivity index (χ4v) is 3.61. The largest absolute Gasteiger partial charge is 0.493 e. The zero-order chi connectivity index (χ0) is 29.0. The lowest BCUT2D eigenvalue weighted by Gasteiger charge is -2.30. The molecule has 0 spiro atoms. The van der Waals surface area contributed by atoms with Gasteiger partial charge in [-0.2, -0.15) is 13.2 Å². The van der Waals surface area contributed by atoms with Crippen LogP contribution < -0.4 is 14.8 Å². The molecule has 0 saturated carbocycles. The van der Waals surface area contributed by atoms with Crippen LogP contribution in [0.5, 0.6) is 11.5 Å². The number of hydrogen-bond acceptors (Lipinski definition) is 5. The van der Waals surface area contributed by atoms with Gasteiger partial charge in [0.15, 0.2) is 11.5 Å². The molecule has 0 aliphatic rings. The molecule has 0 aliphatic carbocycles. The van der Waals surface area contributed by atoms with Gasteiger partial charge in [0.05, 0.1) is 7.11 Å². The van der Waals surface area contributed by atoms with E-state index in [1.165, 1.54) is 18.2 Å². The van der Waals surface area contributed by atoms with Gasteiger partial charge in [-0.25, -0.2) is 9.18 Å². The molecule has 2 aromatic carbocycles. The SMILES string of the molecule is COc1ccc(NC(=O)/C=C/c2cc(Br)ccc2F)cc1OCCN(C(C)C)C(C)C.O=C(O)C(F)(F)F. The van der Waals surface area contributed by atoms with Gasteiger partial charge >= 0.3 is 12.1 Å². The molecule has 2 aromatic rings. The van der Waals surface area contributed by atoms with E-state index in [4.69, 9.17) is 19.4 Å². The van der Waals surface area contributed by atoms with Crippen molar-refractivity contribution in [1.82, 2.24) is 4.90 Å². The van der Waals surface area contributed by atoms with Crippen LogP contribution in [0, 0.1) is 5.82 Å². The van der Waals surface area contributed by atoms with Gasteiger partial charge in [0.2, 0.25) is 5.91 Å². The Hall–Kier alpha value is -3.12. The number of rotatable bonds is 10. The van der Waals surface area contributed by atoms with Crippen molar-refractivity contribution in [3.8, 4) is 11.5 Å². The third-order valence-electron chi connectivity index (χ3n) is 4.98. The third-order valence-corrected chi connectivity index (χ3v) is 5.47. The van der Waals surface area contributed by atoms with Crippen molar-refractivity contribution in [3.05, 3.63) is 58.3 Å². The summed E-state index contributed by atoms with van der Waals surface area (Å²) in [4.78, 5) is 23.5. The molecule has 0 fully saturated rings. The van der Waals surface area contributed by atoms with E-state index in [1.54, 1.807) is 37.4 Å². The monoisotopic (exact) mass is 606 g/mol. The number of alkyl halides is 3. The molecule has 0 bridgehead atoms. The maximum Gasteiger partial charge on any atom is 0.490 e. The summed E-state index contributed by atoms with van der Waals surface area (Å²) in [6.07, 6.45) is -2.36. The predicted molar refractivity (Wildman–Crippen MR) is 141 cm³/mol. The van der Waals surface area contributed by atoms with Crippen molar-refractivity contribution < 1.29 is 41.7 Å². The number of anilines is 1. The number of carboxylic acids is 1. The fraction of sp³-hybridized carbons (Fsp3) is 0.385. The van der Waals surface area contributed by atoms with Crippen LogP contribution in [0.1, 0.15) is 33.3 Å². The number of hydrogen-bond donors (Lipinski definition) is 2. The van der Waals surface area contributed by atoms with Crippen molar-refractivity contribution in [2.24, 2.45) is 0 Å². The van der Waals surface area contributed by atoms with Crippen molar-refractivity contribution in [2.45, 2.75) is 46.0 Å². The van der Waals surface area contributed by atoms with Crippen molar-refractivity contribution in [3.63, 3.8) is 0 Å². The average Bonchev–Trinajstić information content (AvgIpc) is 2.81. The first-order valence-electron chi connectivity index (χ1n) is 11.5. The maximum absolute atomic E-state index is 13.8. The second-order valence-electron chi connectivity index (χ2n) is 8.43. The molecule has 0 heterocycles. The molecule has 1 amide bonds. The number of ether oxygens (including phenoxy) is 2. The van der Waals surface area contributed by atoms with Crippen molar-refractivity contribution in [1.29, 1.82) is 0 Å². The lowest BCUT2D eigenvalue weighted by atomic mass is 10.2. The van der Waals surface area contributed by atoms with Crippen LogP contribution >= 0.6 is 15.9 Å². The van der Waals surface area contributed by atoms with E-state index in [2.05, 4.69) is 53.8 Å². The number of aliphatic carboxylic acids is 1. The summed E-state index contributed by atoms with van der Waals surface area (Å²) in [6.45, 7) is 9.89. The third kappa shape index (κ3) is 11.5. The number of carbonyl (C=O) groups is 2. The van der Waals surface area contributed by atoms with Crippen LogP contribution in [0.2, 0.25) is 0 Å². The molecule has 7 nitrogen and oxygen atoms in total. The minimum atomic E-state index is -5.08. The first-order valence-corrected chi connectivity index (χ1v) is 12.3. The molecular weight excluding hydrogens is 576 g/mol. The van der Waals surface area contributed by atoms with Crippen LogP contribution in [0.25, 0.3) is 6.08 Å². The minimum absolute atomic E-state index is 0.322. The van der Waals surface area contributed by atoms with Crippen molar-refractivity contribution in [2.75, 3.05) is 25.6 Å². The van der Waals surface area contributed by atoms with Crippen LogP contribution in [0.3, 0.4) is 0 Å². The summed E-state index contributed by atoms with van der Waals surface area (Å²) >= 11 is 3.29. The smallest absolute Gasteiger partial charge is 0.490 e. The zero-order valence-electron chi connectivity index (χ0n) is 21.6. The standard InChI is InChI=1S/C24H30BrFN2O3.C2HF3O2/c1-16(2)28(17(3)4)12-13-31-23-15-20(8-10-22(23)30-5)27-24(29)11-6-18-14-19(25)7-9-21(18)26;3-2(4,5)1(6)7/h6-11,14-17H,12-13H2,1-5H3,(H,27,29);(H,6,7)/b11-6+;. The van der Waals surface area contributed by atoms with E-state index in [0.29, 0.717) is 41.4 Å². The van der Waals surface area contributed by atoms with Crippen LogP contribution in [0.4, 0.5) is 23.2 Å². The summed E-state index contributed by atoms with van der Waals surface area (Å²) in [5.74, 6) is -2.39. The van der Waals surface area contributed by atoms with E-state index in [9.17, 15) is 22.4 Å². The normalized spacial score (nSPS) is 11.5. The molecule has 38 heavy (non-hydrogen) atoms. The van der Waals surface area contributed by atoms with E-state index in [-0.39, 0.29) is 5.91 Å². The summed E-state index contributed by atoms with van der Waals surface area (Å²) in [7, 11) is 1.57. The Morgan fingerprint density at radius 1 is 1.08 bits per heavy atom. The van der Waals surface area contributed by atoms with Crippen LogP contribution in [-0.4, -0.2) is 60.4 Å². The molecule has 0 atom stereocenters. The molecule has 0 aliphatic heterocycles. The summed E-state index contributed by atoms with van der Waals surface area (Å²) in [6, 6.07) is 10.6. The summed E-state index contributed by atoms with van der Waals surface area (Å²) in [5, 5.41) is 9.89. The molecule has 0 saturated heterocycles. The Kier molecular flexibility index (Phi) is 13.3. The Balaban J connectivity index is 0.000000905. The van der Waals surface area contributed by atoms with Gasteiger partial charge in [0.1, 0.15) is 12.4 Å². The number of carbonyl (C=O) groups excluding carboxylic acids is 1. The first-order chi connectivity index (χ1) is 17.6. The lowest BCUT2D eigenvalue weighted by Crippen LogP contribution is -2.39. The number of methoxy groups -OCH3 is 1. The van der Waals surface area contributed by atoms with Gasteiger partial charge in [0.25, 0.3) is 0 Å². The molecular formula is C26H31BrF4N2O5. The van der Waals surface area contributed by atoms with Gasteiger partial charge in [-0.1, -0.05) is 15.9 Å². The van der Waals surface area contributed by atoms with Gasteiger partial charge in [-0.15, -0.1) is 0 Å². The second kappa shape index (κ2) is 15.3. The molecule has 210 valence electrons. The highest BCUT2D eigenvalue weighted by Crippen LogP contribution is 2.30. The van der Waals surface area contributed by atoms with Crippen molar-refractivity contribution >= 4 is 39.6 Å². The maximum atomic E-state index is 13.8. The van der Waals surface area contributed by atoms with Crippen LogP contribution in [0.15, 0.2) is 46.9 Å². The van der Waals surface area contributed by atoms with E-state index >= 15 is 0 Å². The number of carboxylic acid groups (broad SMARTS) is 1. The van der Waals surface area contributed by atoms with Gasteiger partial charge in [0, 0.05) is 46.5 Å². The Morgan fingerprint density at radius 3 is 2.21 bits per heavy atom. The quantitative estimate of drug-likeness (QED) is 0.241. The minimum Gasteiger partial charge on any atom is -0.493 e. The lowest BCUT2D eigenvalue weighted by molar-refractivity contribution is -0.192. The van der Waals surface area contributed by atoms with E-state index in [0.717, 1.165) is 11.0 Å². The van der Waals surface area contributed by atoms with E-state index < -0.39 is 18.0 Å². The topological polar surface area (TPSA) is 88.1 Å². The molecule has 0 radical (unpaired) electrons. The number of halogens is 5. The highest BCUT2D eigenvalue weighted by atomic mass is 79.9. The second-order valence-corrected chi connectivity index (χ2v) is 9.35.